The van der Waals surface area contributed by atoms with E-state index in [0.717, 1.165) is 50.3 Å². The van der Waals surface area contributed by atoms with E-state index >= 15 is 0 Å². The quantitative estimate of drug-likeness (QED) is 0.0345. The number of carbonyl (C=O) groups is 1. The summed E-state index contributed by atoms with van der Waals surface area (Å²) in [6.45, 7) is 11.7. The van der Waals surface area contributed by atoms with Crippen LogP contribution in [0.3, 0.4) is 0 Å². The third-order valence-corrected chi connectivity index (χ3v) is 12.8. The van der Waals surface area contributed by atoms with E-state index in [2.05, 4.69) is 62.0 Å². The fourth-order valence-corrected chi connectivity index (χ4v) is 9.05. The number of hydrogen-bond acceptors (Lipinski definition) is 10. The molecule has 0 heterocycles. The summed E-state index contributed by atoms with van der Waals surface area (Å²) in [5.74, 6) is 1.86. The van der Waals surface area contributed by atoms with Gasteiger partial charge in [0.1, 0.15) is 29.0 Å². The molecule has 0 saturated heterocycles. The van der Waals surface area contributed by atoms with E-state index in [-0.39, 0.29) is 50.2 Å². The van der Waals surface area contributed by atoms with Crippen molar-refractivity contribution in [2.75, 3.05) is 54.3 Å². The Morgan fingerprint density at radius 2 is 1.27 bits per heavy atom. The minimum Gasteiger partial charge on any atom is -0.497 e. The molecule has 330 valence electrons. The van der Waals surface area contributed by atoms with Crippen molar-refractivity contribution >= 4 is 25.2 Å². The van der Waals surface area contributed by atoms with Crippen molar-refractivity contribution in [2.45, 2.75) is 77.2 Å². The van der Waals surface area contributed by atoms with E-state index in [4.69, 9.17) is 32.7 Å². The lowest BCUT2D eigenvalue weighted by molar-refractivity contribution is -0.122. The van der Waals surface area contributed by atoms with Gasteiger partial charge in [-0.05, 0) is 110 Å². The Kier molecular flexibility index (Phi) is 18.6. The molecule has 0 fully saturated rings. The number of nitriles is 1. The number of fused-ring (bicyclic) bond motifs is 1. The number of carbonyl (C=O) groups excluding carboxylic acids is 1. The van der Waals surface area contributed by atoms with Gasteiger partial charge in [-0.15, -0.1) is 0 Å². The first-order valence-corrected chi connectivity index (χ1v) is 22.3. The van der Waals surface area contributed by atoms with Crippen LogP contribution >= 0.6 is 8.53 Å². The lowest BCUT2D eigenvalue weighted by atomic mass is 9.80. The summed E-state index contributed by atoms with van der Waals surface area (Å²) >= 11 is 0. The molecule has 1 N–H and O–H groups in total. The summed E-state index contributed by atoms with van der Waals surface area (Å²) in [4.78, 5) is 13.3. The van der Waals surface area contributed by atoms with E-state index in [1.54, 1.807) is 21.3 Å². The van der Waals surface area contributed by atoms with E-state index in [0.29, 0.717) is 19.6 Å². The van der Waals surface area contributed by atoms with Crippen LogP contribution in [-0.4, -0.2) is 83.1 Å². The first kappa shape index (κ1) is 48.0. The van der Waals surface area contributed by atoms with Gasteiger partial charge < -0.3 is 38.0 Å². The maximum Gasteiger partial charge on any atom is 0.259 e. The van der Waals surface area contributed by atoms with Gasteiger partial charge in [0, 0.05) is 25.2 Å². The van der Waals surface area contributed by atoms with Gasteiger partial charge >= 0.3 is 0 Å². The van der Waals surface area contributed by atoms with Gasteiger partial charge in [0.2, 0.25) is 5.91 Å². The summed E-state index contributed by atoms with van der Waals surface area (Å²) < 4.78 is 45.5. The molecule has 12 heteroatoms. The van der Waals surface area contributed by atoms with Gasteiger partial charge in [-0.2, -0.15) is 5.26 Å². The van der Waals surface area contributed by atoms with E-state index in [1.807, 2.05) is 104 Å². The maximum absolute atomic E-state index is 13.3. The molecule has 5 aromatic carbocycles. The molecular weight excluding hydrogens is 802 g/mol. The average molecular weight is 864 g/mol. The van der Waals surface area contributed by atoms with Crippen molar-refractivity contribution < 1.29 is 37.5 Å². The smallest absolute Gasteiger partial charge is 0.259 e. The van der Waals surface area contributed by atoms with Crippen molar-refractivity contribution in [1.29, 1.82) is 5.26 Å². The first-order chi connectivity index (χ1) is 30.0. The molecule has 0 aliphatic heterocycles. The van der Waals surface area contributed by atoms with Crippen LogP contribution in [-0.2, 0) is 28.9 Å². The minimum absolute atomic E-state index is 0.0515. The Labute approximate surface area is 369 Å². The molecule has 0 aliphatic carbocycles. The topological polar surface area (TPSA) is 121 Å². The Morgan fingerprint density at radius 3 is 1.85 bits per heavy atom. The molecule has 3 atom stereocenters. The zero-order valence-electron chi connectivity index (χ0n) is 37.3. The van der Waals surface area contributed by atoms with Gasteiger partial charge in [-0.1, -0.05) is 78.9 Å². The van der Waals surface area contributed by atoms with E-state index in [9.17, 15) is 10.1 Å². The molecule has 0 bridgehead atoms. The maximum atomic E-state index is 13.3. The second-order valence-electron chi connectivity index (χ2n) is 15.5. The second-order valence-corrected chi connectivity index (χ2v) is 16.9. The molecule has 0 radical (unpaired) electrons. The predicted molar refractivity (Wildman–Crippen MR) is 246 cm³/mol. The number of methoxy groups -OCH3 is 3. The number of amides is 1. The highest BCUT2D eigenvalue weighted by molar-refractivity contribution is 7.44. The summed E-state index contributed by atoms with van der Waals surface area (Å²) in [5.41, 5.74) is 2.56. The molecule has 5 aromatic rings. The second kappa shape index (κ2) is 24.0. The molecule has 0 aromatic heterocycles. The fraction of sp³-hybridized carbons (Fsp3) is 0.400. The Morgan fingerprint density at radius 1 is 0.710 bits per heavy atom. The summed E-state index contributed by atoms with van der Waals surface area (Å²) in [6, 6.07) is 40.3. The van der Waals surface area contributed by atoms with Crippen LogP contribution in [0, 0.1) is 11.3 Å². The third kappa shape index (κ3) is 12.5. The fourth-order valence-electron chi connectivity index (χ4n) is 7.37. The zero-order valence-corrected chi connectivity index (χ0v) is 38.2. The Hall–Kier alpha value is -5.05. The summed E-state index contributed by atoms with van der Waals surface area (Å²) in [5, 5.41) is 14.6. The molecular formula is C50H62N3O8P. The van der Waals surface area contributed by atoms with E-state index < -0.39 is 20.2 Å². The van der Waals surface area contributed by atoms with Crippen LogP contribution in [0.4, 0.5) is 0 Å². The van der Waals surface area contributed by atoms with Gasteiger partial charge in [0.15, 0.2) is 0 Å². The lowest BCUT2D eigenvalue weighted by Gasteiger charge is -2.39. The van der Waals surface area contributed by atoms with Crippen LogP contribution in [0.25, 0.3) is 10.8 Å². The molecule has 0 saturated carbocycles. The predicted octanol–water partition coefficient (Wildman–Crippen LogP) is 10.2. The molecule has 0 spiro atoms. The molecule has 0 aliphatic rings. The minimum atomic E-state index is -1.63. The number of nitrogens with zero attached hydrogens (tertiary/aromatic N) is 2. The normalized spacial score (nSPS) is 13.2. The van der Waals surface area contributed by atoms with Crippen LogP contribution in [0.1, 0.15) is 75.6 Å². The lowest BCUT2D eigenvalue weighted by Crippen LogP contribution is -2.39. The molecule has 62 heavy (non-hydrogen) atoms. The standard InChI is InChI=1S/C50H62N3O8P/c1-36(2)53(37(3)4)62(60-31-12-28-51)61-48(34-58-30-13-29-52-49(54)38(5)39-16-17-41-33-47(57-8)23-18-40(41)32-39)35-59-50(42-14-10-9-11-15-42,43-19-24-45(55-6)25-20-43)44-21-26-46(56-7)27-22-44/h9-11,14-27,32-33,36-38,48H,12-13,29-31,34-35H2,1-8H3,(H,52,54). The summed E-state index contributed by atoms with van der Waals surface area (Å²) in [6.07, 6.45) is 0.230. The number of nitrogens with one attached hydrogen (secondary N) is 1. The van der Waals surface area contributed by atoms with Crippen molar-refractivity contribution in [3.8, 4) is 23.3 Å². The van der Waals surface area contributed by atoms with Crippen molar-refractivity contribution in [2.24, 2.45) is 0 Å². The zero-order chi connectivity index (χ0) is 44.5. The van der Waals surface area contributed by atoms with Crippen LogP contribution in [0.15, 0.2) is 115 Å². The highest BCUT2D eigenvalue weighted by Crippen LogP contribution is 2.48. The van der Waals surface area contributed by atoms with Gasteiger partial charge in [-0.3, -0.25) is 4.79 Å². The number of ether oxygens (including phenoxy) is 5. The molecule has 5 rings (SSSR count). The van der Waals surface area contributed by atoms with Crippen LogP contribution < -0.4 is 19.5 Å². The van der Waals surface area contributed by atoms with Gasteiger partial charge in [-0.25, -0.2) is 4.67 Å². The van der Waals surface area contributed by atoms with Crippen LogP contribution in [0.5, 0.6) is 17.2 Å². The molecule has 11 nitrogen and oxygen atoms in total. The Bertz CT molecular complexity index is 2110. The highest BCUT2D eigenvalue weighted by atomic mass is 31.2. The number of rotatable bonds is 25. The van der Waals surface area contributed by atoms with E-state index in [1.165, 1.54) is 0 Å². The monoisotopic (exact) mass is 863 g/mol. The third-order valence-electron chi connectivity index (χ3n) is 10.6. The molecule has 1 amide bonds. The molecule has 3 unspecified atom stereocenters. The first-order valence-electron chi connectivity index (χ1n) is 21.2. The highest BCUT2D eigenvalue weighted by Gasteiger charge is 2.40. The number of benzene rings is 5. The average Bonchev–Trinajstić information content (AvgIpc) is 3.29. The number of hydrogen-bond donors (Lipinski definition) is 1. The SMILES string of the molecule is COc1ccc(C(OCC(COCCCNC(=O)C(C)c2ccc3cc(OC)ccc3c2)OP(OCCC#N)N(C(C)C)C(C)C)(c2ccccc2)c2ccc(OC)cc2)cc1. The van der Waals surface area contributed by atoms with Crippen LogP contribution in [0.2, 0.25) is 0 Å². The van der Waals surface area contributed by atoms with Crippen molar-refractivity contribution in [3.63, 3.8) is 0 Å². The summed E-state index contributed by atoms with van der Waals surface area (Å²) in [7, 11) is 3.32. The Balaban J connectivity index is 1.37. The van der Waals surface area contributed by atoms with Crippen molar-refractivity contribution in [3.05, 3.63) is 138 Å². The van der Waals surface area contributed by atoms with Gasteiger partial charge in [0.05, 0.1) is 59.6 Å². The largest absolute Gasteiger partial charge is 0.497 e. The van der Waals surface area contributed by atoms with Gasteiger partial charge in [0.25, 0.3) is 8.53 Å². The van der Waals surface area contributed by atoms with Crippen molar-refractivity contribution in [1.82, 2.24) is 9.99 Å².